The summed E-state index contributed by atoms with van der Waals surface area (Å²) in [6.45, 7) is 8.51. The summed E-state index contributed by atoms with van der Waals surface area (Å²) in [5, 5.41) is -0.495. The maximum absolute atomic E-state index is 12.2. The van der Waals surface area contributed by atoms with E-state index in [0.717, 1.165) is 11.3 Å². The molecular weight excluding hydrogens is 238 g/mol. The van der Waals surface area contributed by atoms with Crippen LogP contribution in [-0.4, -0.2) is 9.81 Å². The molecule has 4 heteroatoms. The summed E-state index contributed by atoms with van der Waals surface area (Å²) < 4.78 is 1.72. The van der Waals surface area contributed by atoms with Gasteiger partial charge in [-0.1, -0.05) is 13.8 Å². The van der Waals surface area contributed by atoms with Crippen LogP contribution in [-0.2, 0) is 17.8 Å². The summed E-state index contributed by atoms with van der Waals surface area (Å²) in [6, 6.07) is 1.93. The maximum atomic E-state index is 12.2. The van der Waals surface area contributed by atoms with Crippen LogP contribution in [0.25, 0.3) is 0 Å². The van der Waals surface area contributed by atoms with Crippen LogP contribution < -0.4 is 5.56 Å². The molecule has 0 atom stereocenters. The van der Waals surface area contributed by atoms with Gasteiger partial charge in [-0.15, -0.1) is 0 Å². The molecule has 3 nitrogen and oxygen atoms in total. The van der Waals surface area contributed by atoms with Crippen LogP contribution in [0.3, 0.4) is 0 Å². The molecule has 94 valence electrons. The Balaban J connectivity index is 3.32. The minimum Gasteiger partial charge on any atom is -0.312 e. The zero-order valence-corrected chi connectivity index (χ0v) is 11.5. The molecule has 0 N–H and O–H groups in total. The number of aromatic nitrogens is 1. The lowest BCUT2D eigenvalue weighted by Crippen LogP contribution is -2.29. The zero-order valence-electron chi connectivity index (χ0n) is 10.7. The quantitative estimate of drug-likeness (QED) is 0.775. The molecule has 0 radical (unpaired) electrons. The van der Waals surface area contributed by atoms with Gasteiger partial charge in [0.15, 0.2) is 0 Å². The standard InChI is InChI=1S/C13H18ClNO2/c1-8(2)7-15-10(4)5-9(3)11(13(15)17)6-12(14)16/h5,8H,6-7H2,1-4H3. The first-order chi connectivity index (χ1) is 7.82. The van der Waals surface area contributed by atoms with Crippen LogP contribution in [0.15, 0.2) is 10.9 Å². The minimum absolute atomic E-state index is 0.00456. The zero-order chi connectivity index (χ0) is 13.2. The van der Waals surface area contributed by atoms with Gasteiger partial charge in [0.25, 0.3) is 5.56 Å². The molecular formula is C13H18ClNO2. The molecule has 0 aromatic carbocycles. The monoisotopic (exact) mass is 255 g/mol. The highest BCUT2D eigenvalue weighted by Crippen LogP contribution is 2.10. The molecule has 17 heavy (non-hydrogen) atoms. The molecule has 0 spiro atoms. The number of nitrogens with zero attached hydrogens (tertiary/aromatic N) is 1. The summed E-state index contributed by atoms with van der Waals surface area (Å²) in [5.41, 5.74) is 2.18. The van der Waals surface area contributed by atoms with Crippen LogP contribution in [0.1, 0.15) is 30.7 Å². The molecule has 0 amide bonds. The van der Waals surface area contributed by atoms with Gasteiger partial charge in [0.1, 0.15) is 0 Å². The SMILES string of the molecule is Cc1cc(C)n(CC(C)C)c(=O)c1CC(=O)Cl. The topological polar surface area (TPSA) is 39.1 Å². The first-order valence-corrected chi connectivity index (χ1v) is 6.09. The van der Waals surface area contributed by atoms with Crippen molar-refractivity contribution in [1.82, 2.24) is 4.57 Å². The Kier molecular flexibility index (Phi) is 4.52. The fraction of sp³-hybridized carbons (Fsp3) is 0.538. The Morgan fingerprint density at radius 1 is 1.41 bits per heavy atom. The Morgan fingerprint density at radius 3 is 2.47 bits per heavy atom. The second kappa shape index (κ2) is 5.50. The van der Waals surface area contributed by atoms with Crippen molar-refractivity contribution >= 4 is 16.8 Å². The molecule has 1 heterocycles. The van der Waals surface area contributed by atoms with Gasteiger partial charge in [-0.2, -0.15) is 0 Å². The average molecular weight is 256 g/mol. The summed E-state index contributed by atoms with van der Waals surface area (Å²) in [7, 11) is 0. The third kappa shape index (κ3) is 3.43. The smallest absolute Gasteiger partial charge is 0.254 e. The second-order valence-electron chi connectivity index (χ2n) is 4.79. The second-order valence-corrected chi connectivity index (χ2v) is 5.21. The maximum Gasteiger partial charge on any atom is 0.254 e. The predicted octanol–water partition coefficient (Wildman–Crippen LogP) is 2.43. The Hall–Kier alpha value is -1.09. The van der Waals surface area contributed by atoms with Crippen molar-refractivity contribution in [2.45, 2.75) is 40.7 Å². The van der Waals surface area contributed by atoms with Crippen LogP contribution in [0.5, 0.6) is 0 Å². The first-order valence-electron chi connectivity index (χ1n) is 5.71. The highest BCUT2D eigenvalue weighted by molar-refractivity contribution is 6.63. The number of halogens is 1. The molecule has 1 aromatic heterocycles. The van der Waals surface area contributed by atoms with Gasteiger partial charge in [-0.25, -0.2) is 0 Å². The summed E-state index contributed by atoms with van der Waals surface area (Å²) in [6.07, 6.45) is 0.00456. The van der Waals surface area contributed by atoms with E-state index in [1.165, 1.54) is 0 Å². The summed E-state index contributed by atoms with van der Waals surface area (Å²) >= 11 is 5.37. The predicted molar refractivity (Wildman–Crippen MR) is 69.6 cm³/mol. The molecule has 0 fully saturated rings. The number of hydrogen-bond donors (Lipinski definition) is 0. The van der Waals surface area contributed by atoms with Gasteiger partial charge >= 0.3 is 0 Å². The molecule has 1 aromatic rings. The Labute approximate surface area is 106 Å². The van der Waals surface area contributed by atoms with Crippen molar-refractivity contribution in [2.75, 3.05) is 0 Å². The fourth-order valence-corrected chi connectivity index (χ4v) is 2.05. The van der Waals surface area contributed by atoms with Gasteiger partial charge < -0.3 is 4.57 Å². The van der Waals surface area contributed by atoms with E-state index in [9.17, 15) is 9.59 Å². The summed E-state index contributed by atoms with van der Waals surface area (Å²) in [5.74, 6) is 0.383. The number of carbonyl (C=O) groups is 1. The van der Waals surface area contributed by atoms with Crippen molar-refractivity contribution in [3.63, 3.8) is 0 Å². The number of carbonyl (C=O) groups excluding carboxylic acids is 1. The van der Waals surface area contributed by atoms with Crippen molar-refractivity contribution < 1.29 is 4.79 Å². The van der Waals surface area contributed by atoms with Crippen molar-refractivity contribution in [3.05, 3.63) is 33.2 Å². The lowest BCUT2D eigenvalue weighted by atomic mass is 10.1. The largest absolute Gasteiger partial charge is 0.312 e. The first kappa shape index (κ1) is 14.0. The van der Waals surface area contributed by atoms with E-state index in [4.69, 9.17) is 11.6 Å². The fourth-order valence-electron chi connectivity index (χ4n) is 1.92. The lowest BCUT2D eigenvalue weighted by Gasteiger charge is -2.15. The molecule has 0 unspecified atom stereocenters. The highest BCUT2D eigenvalue weighted by atomic mass is 35.5. The molecule has 0 aliphatic carbocycles. The molecule has 1 rings (SSSR count). The minimum atomic E-state index is -0.495. The molecule has 0 saturated heterocycles. The number of pyridine rings is 1. The number of hydrogen-bond acceptors (Lipinski definition) is 2. The van der Waals surface area contributed by atoms with Crippen molar-refractivity contribution in [3.8, 4) is 0 Å². The van der Waals surface area contributed by atoms with Gasteiger partial charge in [-0.05, 0) is 43.0 Å². The molecule has 0 aliphatic heterocycles. The van der Waals surface area contributed by atoms with E-state index in [-0.39, 0.29) is 12.0 Å². The molecule has 0 saturated carbocycles. The van der Waals surface area contributed by atoms with E-state index in [1.807, 2.05) is 19.9 Å². The highest BCUT2D eigenvalue weighted by Gasteiger charge is 2.13. The van der Waals surface area contributed by atoms with Crippen LogP contribution in [0.2, 0.25) is 0 Å². The Morgan fingerprint density at radius 2 is 2.00 bits per heavy atom. The third-order valence-electron chi connectivity index (χ3n) is 2.69. The van der Waals surface area contributed by atoms with Gasteiger partial charge in [-0.3, -0.25) is 9.59 Å². The van der Waals surface area contributed by atoms with Gasteiger partial charge in [0.2, 0.25) is 5.24 Å². The Bertz CT molecular complexity index is 489. The van der Waals surface area contributed by atoms with Gasteiger partial charge in [0.05, 0.1) is 6.42 Å². The lowest BCUT2D eigenvalue weighted by molar-refractivity contribution is -0.111. The van der Waals surface area contributed by atoms with Crippen LogP contribution in [0, 0.1) is 19.8 Å². The molecule has 0 aliphatic rings. The van der Waals surface area contributed by atoms with E-state index in [1.54, 1.807) is 4.57 Å². The van der Waals surface area contributed by atoms with Crippen LogP contribution in [0.4, 0.5) is 0 Å². The number of rotatable bonds is 4. The van der Waals surface area contributed by atoms with E-state index >= 15 is 0 Å². The van der Waals surface area contributed by atoms with Gasteiger partial charge in [0, 0.05) is 17.8 Å². The summed E-state index contributed by atoms with van der Waals surface area (Å²) in [4.78, 5) is 23.2. The van der Waals surface area contributed by atoms with E-state index < -0.39 is 5.24 Å². The van der Waals surface area contributed by atoms with E-state index in [2.05, 4.69) is 13.8 Å². The van der Waals surface area contributed by atoms with Crippen LogP contribution >= 0.6 is 11.6 Å². The van der Waals surface area contributed by atoms with Crippen molar-refractivity contribution in [2.24, 2.45) is 5.92 Å². The molecule has 0 bridgehead atoms. The van der Waals surface area contributed by atoms with Crippen molar-refractivity contribution in [1.29, 1.82) is 0 Å². The van der Waals surface area contributed by atoms with E-state index in [0.29, 0.717) is 18.0 Å². The number of aryl methyl sites for hydroxylation is 2. The average Bonchev–Trinajstić information content (AvgIpc) is 2.18. The normalized spacial score (nSPS) is 10.9. The third-order valence-corrected chi connectivity index (χ3v) is 2.83.